The number of nitrogens with one attached hydrogen (secondary N) is 1. The predicted molar refractivity (Wildman–Crippen MR) is 79.7 cm³/mol. The van der Waals surface area contributed by atoms with Crippen molar-refractivity contribution >= 4 is 15.7 Å². The first-order valence-corrected chi connectivity index (χ1v) is 8.12. The number of rotatable bonds is 6. The van der Waals surface area contributed by atoms with Crippen molar-refractivity contribution in [3.05, 3.63) is 52.3 Å². The van der Waals surface area contributed by atoms with E-state index in [1.165, 1.54) is 12.1 Å². The van der Waals surface area contributed by atoms with Gasteiger partial charge in [-0.2, -0.15) is 5.10 Å². The zero-order valence-electron chi connectivity index (χ0n) is 12.1. The molecular formula is C13H16N4O4S. The Morgan fingerprint density at radius 2 is 1.95 bits per heavy atom. The van der Waals surface area contributed by atoms with Crippen molar-refractivity contribution in [2.45, 2.75) is 31.3 Å². The molecule has 0 bridgehead atoms. The van der Waals surface area contributed by atoms with Gasteiger partial charge >= 0.3 is 0 Å². The van der Waals surface area contributed by atoms with Crippen molar-refractivity contribution in [1.29, 1.82) is 0 Å². The second kappa shape index (κ2) is 6.24. The van der Waals surface area contributed by atoms with Crippen LogP contribution in [-0.2, 0) is 16.6 Å². The number of benzene rings is 1. The van der Waals surface area contributed by atoms with E-state index in [-0.39, 0.29) is 10.6 Å². The van der Waals surface area contributed by atoms with Crippen LogP contribution in [0.3, 0.4) is 0 Å². The molecule has 0 saturated carbocycles. The zero-order valence-corrected chi connectivity index (χ0v) is 12.9. The summed E-state index contributed by atoms with van der Waals surface area (Å²) in [5.41, 5.74) is 0.445. The highest BCUT2D eigenvalue weighted by molar-refractivity contribution is 7.89. The summed E-state index contributed by atoms with van der Waals surface area (Å²) < 4.78 is 28.7. The maximum Gasteiger partial charge on any atom is 0.269 e. The van der Waals surface area contributed by atoms with Crippen molar-refractivity contribution in [1.82, 2.24) is 14.5 Å². The van der Waals surface area contributed by atoms with E-state index in [4.69, 9.17) is 0 Å². The quantitative estimate of drug-likeness (QED) is 0.644. The van der Waals surface area contributed by atoms with Crippen molar-refractivity contribution in [2.75, 3.05) is 0 Å². The zero-order chi connectivity index (χ0) is 16.3. The molecule has 0 aliphatic rings. The lowest BCUT2D eigenvalue weighted by molar-refractivity contribution is -0.384. The number of hydrogen-bond donors (Lipinski definition) is 1. The van der Waals surface area contributed by atoms with E-state index in [1.807, 2.05) is 6.92 Å². The molecule has 1 N–H and O–H groups in total. The summed E-state index contributed by atoms with van der Waals surface area (Å²) in [5.74, 6) is 0. The minimum atomic E-state index is -3.77. The van der Waals surface area contributed by atoms with Crippen LogP contribution in [0.2, 0.25) is 0 Å². The number of hydrogen-bond acceptors (Lipinski definition) is 5. The summed E-state index contributed by atoms with van der Waals surface area (Å²) in [4.78, 5) is 9.98. The molecular weight excluding hydrogens is 308 g/mol. The topological polar surface area (TPSA) is 107 Å². The fourth-order valence-corrected chi connectivity index (χ4v) is 3.11. The number of non-ortho nitro benzene ring substituents is 1. The molecule has 9 heteroatoms. The molecule has 1 aromatic carbocycles. The third kappa shape index (κ3) is 3.49. The van der Waals surface area contributed by atoms with Crippen LogP contribution in [0.4, 0.5) is 5.69 Å². The molecule has 8 nitrogen and oxygen atoms in total. The molecule has 22 heavy (non-hydrogen) atoms. The first kappa shape index (κ1) is 16.1. The van der Waals surface area contributed by atoms with Gasteiger partial charge in [-0.25, -0.2) is 13.1 Å². The van der Waals surface area contributed by atoms with Gasteiger partial charge in [0.15, 0.2) is 0 Å². The molecule has 1 aromatic heterocycles. The van der Waals surface area contributed by atoms with E-state index in [9.17, 15) is 18.5 Å². The largest absolute Gasteiger partial charge is 0.273 e. The summed E-state index contributed by atoms with van der Waals surface area (Å²) in [6.07, 6.45) is 1.77. The van der Waals surface area contributed by atoms with Gasteiger partial charge in [0.05, 0.1) is 21.6 Å². The Bertz CT molecular complexity index is 768. The highest BCUT2D eigenvalue weighted by atomic mass is 32.2. The Morgan fingerprint density at radius 3 is 2.45 bits per heavy atom. The number of sulfonamides is 1. The second-order valence-electron chi connectivity index (χ2n) is 4.69. The van der Waals surface area contributed by atoms with E-state index in [1.54, 1.807) is 23.9 Å². The SMILES string of the molecule is CCn1ccc([C@H](C)NS(=O)(=O)c2ccc([N+](=O)[O-])cc2)n1. The highest BCUT2D eigenvalue weighted by Gasteiger charge is 2.20. The van der Waals surface area contributed by atoms with Gasteiger partial charge in [-0.05, 0) is 32.0 Å². The minimum absolute atomic E-state index is 0.0279. The Hall–Kier alpha value is -2.26. The van der Waals surface area contributed by atoms with Crippen LogP contribution in [0, 0.1) is 10.1 Å². The number of nitro benzene ring substituents is 1. The molecule has 0 amide bonds. The molecule has 0 fully saturated rings. The Morgan fingerprint density at radius 1 is 1.32 bits per heavy atom. The first-order valence-electron chi connectivity index (χ1n) is 6.63. The minimum Gasteiger partial charge on any atom is -0.273 e. The lowest BCUT2D eigenvalue weighted by atomic mass is 10.3. The van der Waals surface area contributed by atoms with Gasteiger partial charge in [-0.15, -0.1) is 0 Å². The van der Waals surface area contributed by atoms with Gasteiger partial charge in [0, 0.05) is 24.9 Å². The molecule has 1 atom stereocenters. The maximum absolute atomic E-state index is 12.3. The smallest absolute Gasteiger partial charge is 0.269 e. The number of aryl methyl sites for hydroxylation is 1. The molecule has 2 rings (SSSR count). The number of nitro groups is 1. The Labute approximate surface area is 128 Å². The standard InChI is InChI=1S/C13H16N4O4S/c1-3-16-9-8-13(14-16)10(2)15-22(20,21)12-6-4-11(5-7-12)17(18)19/h4-10,15H,3H2,1-2H3/t10-/m0/s1. The van der Waals surface area contributed by atoms with Crippen LogP contribution in [0.15, 0.2) is 41.4 Å². The van der Waals surface area contributed by atoms with Gasteiger partial charge < -0.3 is 0 Å². The van der Waals surface area contributed by atoms with Crippen molar-refractivity contribution < 1.29 is 13.3 Å². The summed E-state index contributed by atoms with van der Waals surface area (Å²) in [6, 6.07) is 5.96. The first-order chi connectivity index (χ1) is 10.3. The van der Waals surface area contributed by atoms with Crippen LogP contribution in [0.25, 0.3) is 0 Å². The van der Waals surface area contributed by atoms with E-state index in [2.05, 4.69) is 9.82 Å². The van der Waals surface area contributed by atoms with E-state index in [0.29, 0.717) is 12.2 Å². The van der Waals surface area contributed by atoms with Gasteiger partial charge in [0.25, 0.3) is 5.69 Å². The predicted octanol–water partition coefficient (Wildman–Crippen LogP) is 1.85. The fourth-order valence-electron chi connectivity index (χ4n) is 1.89. The van der Waals surface area contributed by atoms with Crippen molar-refractivity contribution in [3.63, 3.8) is 0 Å². The Balaban J connectivity index is 2.17. The van der Waals surface area contributed by atoms with Crippen LogP contribution in [0.5, 0.6) is 0 Å². The van der Waals surface area contributed by atoms with Crippen LogP contribution >= 0.6 is 0 Å². The van der Waals surface area contributed by atoms with Gasteiger partial charge in [0.2, 0.25) is 10.0 Å². The molecule has 1 heterocycles. The normalized spacial score (nSPS) is 13.0. The van der Waals surface area contributed by atoms with Crippen LogP contribution in [-0.4, -0.2) is 23.1 Å². The lowest BCUT2D eigenvalue weighted by Crippen LogP contribution is -2.27. The Kier molecular flexibility index (Phi) is 4.57. The summed E-state index contributed by atoms with van der Waals surface area (Å²) in [6.45, 7) is 4.32. The fraction of sp³-hybridized carbons (Fsp3) is 0.308. The molecule has 0 aliphatic carbocycles. The highest BCUT2D eigenvalue weighted by Crippen LogP contribution is 2.18. The third-order valence-corrected chi connectivity index (χ3v) is 4.68. The second-order valence-corrected chi connectivity index (χ2v) is 6.40. The van der Waals surface area contributed by atoms with Gasteiger partial charge in [-0.3, -0.25) is 14.8 Å². The third-order valence-electron chi connectivity index (χ3n) is 3.12. The van der Waals surface area contributed by atoms with Crippen LogP contribution in [0.1, 0.15) is 25.6 Å². The van der Waals surface area contributed by atoms with Crippen molar-refractivity contribution in [3.8, 4) is 0 Å². The summed E-state index contributed by atoms with van der Waals surface area (Å²) >= 11 is 0. The average molecular weight is 324 g/mol. The molecule has 0 spiro atoms. The molecule has 2 aromatic rings. The summed E-state index contributed by atoms with van der Waals surface area (Å²) in [7, 11) is -3.77. The van der Waals surface area contributed by atoms with Crippen molar-refractivity contribution in [2.24, 2.45) is 0 Å². The maximum atomic E-state index is 12.3. The molecule has 0 unspecified atom stereocenters. The lowest BCUT2D eigenvalue weighted by Gasteiger charge is -2.12. The molecule has 0 radical (unpaired) electrons. The monoisotopic (exact) mass is 324 g/mol. The van der Waals surface area contributed by atoms with E-state index < -0.39 is 21.0 Å². The van der Waals surface area contributed by atoms with Crippen LogP contribution < -0.4 is 4.72 Å². The van der Waals surface area contributed by atoms with Gasteiger partial charge in [0.1, 0.15) is 0 Å². The summed E-state index contributed by atoms with van der Waals surface area (Å²) in [5, 5.41) is 14.8. The van der Waals surface area contributed by atoms with Gasteiger partial charge in [-0.1, -0.05) is 0 Å². The number of aromatic nitrogens is 2. The average Bonchev–Trinajstić information content (AvgIpc) is 2.96. The molecule has 0 aliphatic heterocycles. The molecule has 0 saturated heterocycles. The van der Waals surface area contributed by atoms with E-state index in [0.717, 1.165) is 12.1 Å². The number of nitrogens with zero attached hydrogens (tertiary/aromatic N) is 3. The van der Waals surface area contributed by atoms with E-state index >= 15 is 0 Å². The molecule has 118 valence electrons.